The zero-order valence-corrected chi connectivity index (χ0v) is 11.2. The molecule has 1 unspecified atom stereocenters. The molecular weight excluding hydrogens is 246 g/mol. The molecule has 0 aliphatic carbocycles. The molecule has 2 N–H and O–H groups in total. The minimum atomic E-state index is 0.0771. The van der Waals surface area contributed by atoms with Crippen LogP contribution in [0.4, 0.5) is 0 Å². The lowest BCUT2D eigenvalue weighted by Crippen LogP contribution is -2.18. The summed E-state index contributed by atoms with van der Waals surface area (Å²) < 4.78 is 9.99. The lowest BCUT2D eigenvalue weighted by molar-refractivity contribution is 0.372. The van der Waals surface area contributed by atoms with Crippen molar-refractivity contribution in [2.24, 2.45) is 0 Å². The normalized spacial score (nSPS) is 12.4. The number of methoxy groups -OCH3 is 1. The van der Waals surface area contributed by atoms with Gasteiger partial charge in [0.15, 0.2) is 17.3 Å². The number of phenolic OH excluding ortho intramolecular Hbond substituents is 1. The molecule has 1 aromatic heterocycles. The molecular formula is C13H17N3O3. The summed E-state index contributed by atoms with van der Waals surface area (Å²) in [5, 5.41) is 16.6. The van der Waals surface area contributed by atoms with E-state index in [0.717, 1.165) is 5.56 Å². The van der Waals surface area contributed by atoms with Crippen molar-refractivity contribution in [3.8, 4) is 11.5 Å². The molecule has 0 fully saturated rings. The number of rotatable bonds is 5. The molecule has 6 heteroatoms. The maximum absolute atomic E-state index is 9.55. The summed E-state index contributed by atoms with van der Waals surface area (Å²) in [6, 6.07) is 5.34. The van der Waals surface area contributed by atoms with E-state index in [1.165, 1.54) is 7.11 Å². The van der Waals surface area contributed by atoms with Crippen molar-refractivity contribution in [1.29, 1.82) is 0 Å². The van der Waals surface area contributed by atoms with Crippen molar-refractivity contribution >= 4 is 0 Å². The predicted molar refractivity (Wildman–Crippen MR) is 68.9 cm³/mol. The first-order chi connectivity index (χ1) is 9.10. The first-order valence-corrected chi connectivity index (χ1v) is 5.99. The van der Waals surface area contributed by atoms with E-state index in [-0.39, 0.29) is 11.8 Å². The van der Waals surface area contributed by atoms with E-state index in [4.69, 9.17) is 9.26 Å². The minimum Gasteiger partial charge on any atom is -0.504 e. The average molecular weight is 263 g/mol. The van der Waals surface area contributed by atoms with E-state index >= 15 is 0 Å². The molecule has 2 rings (SSSR count). The highest BCUT2D eigenvalue weighted by Crippen LogP contribution is 2.28. The van der Waals surface area contributed by atoms with E-state index in [1.807, 2.05) is 13.0 Å². The van der Waals surface area contributed by atoms with Gasteiger partial charge in [0.25, 0.3) is 0 Å². The van der Waals surface area contributed by atoms with Gasteiger partial charge in [0.1, 0.15) is 0 Å². The van der Waals surface area contributed by atoms with Gasteiger partial charge in [0.05, 0.1) is 13.7 Å². The van der Waals surface area contributed by atoms with Gasteiger partial charge < -0.3 is 19.7 Å². The number of aryl methyl sites for hydroxylation is 1. The topological polar surface area (TPSA) is 80.4 Å². The van der Waals surface area contributed by atoms with Crippen LogP contribution < -0.4 is 10.1 Å². The monoisotopic (exact) mass is 263 g/mol. The fourth-order valence-electron chi connectivity index (χ4n) is 1.74. The lowest BCUT2D eigenvalue weighted by atomic mass is 10.1. The largest absolute Gasteiger partial charge is 0.504 e. The van der Waals surface area contributed by atoms with Crippen LogP contribution in [0, 0.1) is 6.92 Å². The van der Waals surface area contributed by atoms with Crippen LogP contribution in [0.15, 0.2) is 22.7 Å². The highest BCUT2D eigenvalue weighted by molar-refractivity contribution is 5.42. The summed E-state index contributed by atoms with van der Waals surface area (Å²) in [5.74, 6) is 1.76. The van der Waals surface area contributed by atoms with Crippen molar-refractivity contribution < 1.29 is 14.4 Å². The molecule has 19 heavy (non-hydrogen) atoms. The quantitative estimate of drug-likeness (QED) is 0.858. The molecule has 1 heterocycles. The van der Waals surface area contributed by atoms with E-state index in [0.29, 0.717) is 24.0 Å². The van der Waals surface area contributed by atoms with E-state index in [2.05, 4.69) is 15.5 Å². The van der Waals surface area contributed by atoms with Gasteiger partial charge in [-0.2, -0.15) is 4.98 Å². The van der Waals surface area contributed by atoms with Crippen LogP contribution in [-0.2, 0) is 6.54 Å². The Morgan fingerprint density at radius 2 is 2.26 bits per heavy atom. The molecule has 0 radical (unpaired) electrons. The molecule has 102 valence electrons. The van der Waals surface area contributed by atoms with Crippen molar-refractivity contribution in [3.63, 3.8) is 0 Å². The first-order valence-electron chi connectivity index (χ1n) is 5.99. The maximum atomic E-state index is 9.55. The molecule has 1 atom stereocenters. The molecule has 0 spiro atoms. The zero-order valence-electron chi connectivity index (χ0n) is 11.2. The third-order valence-electron chi connectivity index (χ3n) is 2.84. The van der Waals surface area contributed by atoms with E-state index in [9.17, 15) is 5.11 Å². The highest BCUT2D eigenvalue weighted by Gasteiger charge is 2.10. The highest BCUT2D eigenvalue weighted by atomic mass is 16.5. The Bertz CT molecular complexity index is 554. The third-order valence-corrected chi connectivity index (χ3v) is 2.84. The molecule has 2 aromatic rings. The second kappa shape index (κ2) is 5.71. The Morgan fingerprint density at radius 1 is 1.47 bits per heavy atom. The molecule has 0 saturated carbocycles. The first kappa shape index (κ1) is 13.4. The number of aromatic hydroxyl groups is 1. The fourth-order valence-corrected chi connectivity index (χ4v) is 1.74. The second-order valence-electron chi connectivity index (χ2n) is 4.26. The summed E-state index contributed by atoms with van der Waals surface area (Å²) in [6.07, 6.45) is 0. The summed E-state index contributed by atoms with van der Waals surface area (Å²) >= 11 is 0. The number of ether oxygens (including phenoxy) is 1. The van der Waals surface area contributed by atoms with E-state index in [1.54, 1.807) is 19.1 Å². The van der Waals surface area contributed by atoms with Gasteiger partial charge in [-0.25, -0.2) is 0 Å². The van der Waals surface area contributed by atoms with Crippen LogP contribution >= 0.6 is 0 Å². The number of aromatic nitrogens is 2. The summed E-state index contributed by atoms with van der Waals surface area (Å²) in [4.78, 5) is 4.12. The van der Waals surface area contributed by atoms with Crippen LogP contribution in [0.2, 0.25) is 0 Å². The molecule has 1 aromatic carbocycles. The predicted octanol–water partition coefficient (Wildman–Crippen LogP) is 1.94. The number of hydrogen-bond donors (Lipinski definition) is 2. The minimum absolute atomic E-state index is 0.0771. The van der Waals surface area contributed by atoms with Crippen LogP contribution in [0.3, 0.4) is 0 Å². The van der Waals surface area contributed by atoms with Gasteiger partial charge in [-0.15, -0.1) is 0 Å². The number of hydrogen-bond acceptors (Lipinski definition) is 6. The molecule has 0 amide bonds. The average Bonchev–Trinajstić information content (AvgIpc) is 2.82. The lowest BCUT2D eigenvalue weighted by Gasteiger charge is -2.14. The number of benzene rings is 1. The molecule has 0 bridgehead atoms. The van der Waals surface area contributed by atoms with Crippen LogP contribution in [0.5, 0.6) is 11.5 Å². The number of nitrogens with one attached hydrogen (secondary N) is 1. The Labute approximate surface area is 111 Å². The molecule has 0 aliphatic rings. The second-order valence-corrected chi connectivity index (χ2v) is 4.26. The Hall–Kier alpha value is -2.08. The molecule has 0 aliphatic heterocycles. The van der Waals surface area contributed by atoms with Crippen molar-refractivity contribution in [2.45, 2.75) is 26.4 Å². The van der Waals surface area contributed by atoms with Crippen LogP contribution in [0.1, 0.15) is 30.2 Å². The third kappa shape index (κ3) is 3.23. The Kier molecular flexibility index (Phi) is 4.01. The Balaban J connectivity index is 2.01. The van der Waals surface area contributed by atoms with E-state index < -0.39 is 0 Å². The van der Waals surface area contributed by atoms with Crippen molar-refractivity contribution in [2.75, 3.05) is 7.11 Å². The zero-order chi connectivity index (χ0) is 13.8. The Morgan fingerprint density at radius 3 is 2.89 bits per heavy atom. The van der Waals surface area contributed by atoms with Gasteiger partial charge in [0, 0.05) is 13.0 Å². The van der Waals surface area contributed by atoms with Crippen molar-refractivity contribution in [1.82, 2.24) is 15.5 Å². The van der Waals surface area contributed by atoms with Crippen LogP contribution in [-0.4, -0.2) is 22.4 Å². The summed E-state index contributed by atoms with van der Waals surface area (Å²) in [6.45, 7) is 4.28. The standard InChI is InChI=1S/C13H17N3O3/c1-8(14-7-13-15-9(2)19-16-13)10-4-5-11(17)12(6-10)18-3/h4-6,8,14,17H,7H2,1-3H3. The molecule has 6 nitrogen and oxygen atoms in total. The van der Waals surface area contributed by atoms with Gasteiger partial charge in [-0.3, -0.25) is 0 Å². The maximum Gasteiger partial charge on any atom is 0.223 e. The van der Waals surface area contributed by atoms with Gasteiger partial charge >= 0.3 is 0 Å². The SMILES string of the molecule is COc1cc(C(C)NCc2noc(C)n2)ccc1O. The van der Waals surface area contributed by atoms with Crippen LogP contribution in [0.25, 0.3) is 0 Å². The van der Waals surface area contributed by atoms with Crippen molar-refractivity contribution in [3.05, 3.63) is 35.5 Å². The van der Waals surface area contributed by atoms with Gasteiger partial charge in [0.2, 0.25) is 5.89 Å². The number of nitrogens with zero attached hydrogens (tertiary/aromatic N) is 2. The fraction of sp³-hybridized carbons (Fsp3) is 0.385. The molecule has 0 saturated heterocycles. The summed E-state index contributed by atoms with van der Waals surface area (Å²) in [7, 11) is 1.53. The smallest absolute Gasteiger partial charge is 0.223 e. The van der Waals surface area contributed by atoms with Gasteiger partial charge in [-0.1, -0.05) is 11.2 Å². The summed E-state index contributed by atoms with van der Waals surface area (Å²) in [5.41, 5.74) is 1.01. The van der Waals surface area contributed by atoms with Gasteiger partial charge in [-0.05, 0) is 24.6 Å². The number of phenols is 1.